The molecule has 20 heavy (non-hydrogen) atoms. The number of hydrogen-bond donors (Lipinski definition) is 1. The van der Waals surface area contributed by atoms with Crippen molar-refractivity contribution in [2.24, 2.45) is 11.7 Å². The summed E-state index contributed by atoms with van der Waals surface area (Å²) in [6, 6.07) is 3.51. The van der Waals surface area contributed by atoms with Crippen LogP contribution in [0, 0.1) is 11.7 Å². The smallest absolute Gasteiger partial charge is 0.161 e. The summed E-state index contributed by atoms with van der Waals surface area (Å²) in [7, 11) is 4.04. The molecule has 3 nitrogen and oxygen atoms in total. The summed E-state index contributed by atoms with van der Waals surface area (Å²) in [4.78, 5) is 4.47. The Balaban J connectivity index is 2.16. The molecular weight excluding hydrogens is 341 g/mol. The summed E-state index contributed by atoms with van der Waals surface area (Å²) >= 11 is 8.15. The van der Waals surface area contributed by atoms with Crippen LogP contribution >= 0.6 is 28.1 Å². The number of halogens is 2. The third-order valence-electron chi connectivity index (χ3n) is 3.76. The van der Waals surface area contributed by atoms with E-state index in [1.54, 1.807) is 12.1 Å². The quantitative estimate of drug-likeness (QED) is 0.837. The summed E-state index contributed by atoms with van der Waals surface area (Å²) in [5.74, 6) is 0.280. The second-order valence-corrected chi connectivity index (χ2v) is 6.65. The van der Waals surface area contributed by atoms with Gasteiger partial charge in [0.1, 0.15) is 4.99 Å². The first-order valence-corrected chi connectivity index (χ1v) is 7.77. The predicted octanol–water partition coefficient (Wildman–Crippen LogP) is 2.61. The Morgan fingerprint density at radius 2 is 2.30 bits per heavy atom. The van der Waals surface area contributed by atoms with Crippen molar-refractivity contribution in [1.82, 2.24) is 4.90 Å². The summed E-state index contributed by atoms with van der Waals surface area (Å²) in [5.41, 5.74) is 6.69. The van der Waals surface area contributed by atoms with E-state index >= 15 is 0 Å². The molecule has 0 saturated carbocycles. The highest BCUT2D eigenvalue weighted by Crippen LogP contribution is 2.30. The summed E-state index contributed by atoms with van der Waals surface area (Å²) in [5, 5.41) is 0. The van der Waals surface area contributed by atoms with Gasteiger partial charge in [-0.2, -0.15) is 0 Å². The van der Waals surface area contributed by atoms with Crippen LogP contribution in [0.4, 0.5) is 10.1 Å². The van der Waals surface area contributed by atoms with Crippen molar-refractivity contribution >= 4 is 38.8 Å². The fourth-order valence-corrected chi connectivity index (χ4v) is 3.54. The van der Waals surface area contributed by atoms with Crippen molar-refractivity contribution in [3.05, 3.63) is 28.0 Å². The molecule has 0 amide bonds. The maximum Gasteiger partial charge on any atom is 0.161 e. The molecule has 0 aliphatic carbocycles. The Kier molecular flexibility index (Phi) is 4.99. The van der Waals surface area contributed by atoms with Gasteiger partial charge >= 0.3 is 0 Å². The van der Waals surface area contributed by atoms with Crippen molar-refractivity contribution in [2.75, 3.05) is 38.6 Å². The van der Waals surface area contributed by atoms with E-state index in [-0.39, 0.29) is 10.8 Å². The van der Waals surface area contributed by atoms with Crippen LogP contribution in [-0.2, 0) is 0 Å². The monoisotopic (exact) mass is 359 g/mol. The van der Waals surface area contributed by atoms with Gasteiger partial charge in [0.2, 0.25) is 0 Å². The average Bonchev–Trinajstić information content (AvgIpc) is 2.77. The lowest BCUT2D eigenvalue weighted by Crippen LogP contribution is -2.28. The van der Waals surface area contributed by atoms with Gasteiger partial charge in [0.15, 0.2) is 5.82 Å². The zero-order valence-electron chi connectivity index (χ0n) is 11.7. The van der Waals surface area contributed by atoms with Crippen LogP contribution in [0.1, 0.15) is 12.0 Å². The van der Waals surface area contributed by atoms with Gasteiger partial charge < -0.3 is 15.5 Å². The van der Waals surface area contributed by atoms with Crippen LogP contribution in [-0.4, -0.2) is 43.6 Å². The van der Waals surface area contributed by atoms with Gasteiger partial charge in [0.05, 0.1) is 10.2 Å². The molecule has 1 saturated heterocycles. The van der Waals surface area contributed by atoms with E-state index in [9.17, 15) is 4.39 Å². The zero-order chi connectivity index (χ0) is 14.9. The Morgan fingerprint density at radius 3 is 2.85 bits per heavy atom. The molecule has 1 atom stereocenters. The molecule has 110 valence electrons. The van der Waals surface area contributed by atoms with Crippen molar-refractivity contribution in [2.45, 2.75) is 6.42 Å². The predicted molar refractivity (Wildman–Crippen MR) is 88.9 cm³/mol. The molecule has 0 radical (unpaired) electrons. The van der Waals surface area contributed by atoms with E-state index in [4.69, 9.17) is 18.0 Å². The van der Waals surface area contributed by atoms with Crippen molar-refractivity contribution in [1.29, 1.82) is 0 Å². The average molecular weight is 360 g/mol. The van der Waals surface area contributed by atoms with Gasteiger partial charge in [-0.3, -0.25) is 0 Å². The number of benzene rings is 1. The second-order valence-electron chi connectivity index (χ2n) is 5.42. The number of nitrogens with two attached hydrogens (primary N) is 1. The first-order valence-electron chi connectivity index (χ1n) is 6.57. The fourth-order valence-electron chi connectivity index (χ4n) is 2.69. The van der Waals surface area contributed by atoms with Gasteiger partial charge in [0, 0.05) is 25.7 Å². The first-order chi connectivity index (χ1) is 9.40. The molecule has 1 aliphatic rings. The summed E-state index contributed by atoms with van der Waals surface area (Å²) in [6.45, 7) is 3.03. The van der Waals surface area contributed by atoms with Crippen molar-refractivity contribution in [3.8, 4) is 0 Å². The van der Waals surface area contributed by atoms with E-state index in [0.29, 0.717) is 21.6 Å². The zero-order valence-corrected chi connectivity index (χ0v) is 14.1. The minimum atomic E-state index is -0.302. The third-order valence-corrected chi connectivity index (χ3v) is 4.75. The lowest BCUT2D eigenvalue weighted by molar-refractivity contribution is 0.395. The van der Waals surface area contributed by atoms with E-state index in [2.05, 4.69) is 27.9 Å². The Labute approximate surface area is 133 Å². The minimum absolute atomic E-state index is 0.197. The lowest BCUT2D eigenvalue weighted by Gasteiger charge is -2.24. The normalized spacial score (nSPS) is 19.3. The van der Waals surface area contributed by atoms with Crippen LogP contribution in [0.15, 0.2) is 16.6 Å². The number of rotatable bonds is 4. The fraction of sp³-hybridized carbons (Fsp3) is 0.500. The standard InChI is InChI=1S/C14H19BrFN3S/c1-18-6-5-9(7-18)8-19(2)11-4-3-10(14(17)20)12(15)13(11)16/h3-4,9H,5-8H2,1-2H3,(H2,17,20). The van der Waals surface area contributed by atoms with Gasteiger partial charge in [-0.25, -0.2) is 4.39 Å². The molecule has 2 rings (SSSR count). The van der Waals surface area contributed by atoms with Crippen molar-refractivity contribution in [3.63, 3.8) is 0 Å². The maximum absolute atomic E-state index is 14.4. The number of nitrogens with zero attached hydrogens (tertiary/aromatic N) is 2. The van der Waals surface area contributed by atoms with Crippen LogP contribution in [0.5, 0.6) is 0 Å². The number of thiocarbonyl (C=S) groups is 1. The molecule has 1 aromatic rings. The van der Waals surface area contributed by atoms with Gasteiger partial charge in [-0.1, -0.05) is 12.2 Å². The molecular formula is C14H19BrFN3S. The Bertz CT molecular complexity index is 523. The maximum atomic E-state index is 14.4. The van der Waals surface area contributed by atoms with Gasteiger partial charge in [-0.15, -0.1) is 0 Å². The van der Waals surface area contributed by atoms with Crippen LogP contribution in [0.2, 0.25) is 0 Å². The largest absolute Gasteiger partial charge is 0.389 e. The van der Waals surface area contributed by atoms with Crippen LogP contribution < -0.4 is 10.6 Å². The molecule has 0 spiro atoms. The highest BCUT2D eigenvalue weighted by atomic mass is 79.9. The molecule has 1 fully saturated rings. The van der Waals surface area contributed by atoms with E-state index < -0.39 is 0 Å². The van der Waals surface area contributed by atoms with Crippen LogP contribution in [0.3, 0.4) is 0 Å². The number of likely N-dealkylation sites (tertiary alicyclic amines) is 1. The molecule has 0 bridgehead atoms. The topological polar surface area (TPSA) is 32.5 Å². The summed E-state index contributed by atoms with van der Waals surface area (Å²) < 4.78 is 14.8. The molecule has 2 N–H and O–H groups in total. The molecule has 6 heteroatoms. The molecule has 1 aliphatic heterocycles. The van der Waals surface area contributed by atoms with Gasteiger partial charge in [0.25, 0.3) is 0 Å². The van der Waals surface area contributed by atoms with E-state index in [0.717, 1.165) is 26.1 Å². The summed E-state index contributed by atoms with van der Waals surface area (Å²) in [6.07, 6.45) is 1.16. The third kappa shape index (κ3) is 3.30. The number of hydrogen-bond acceptors (Lipinski definition) is 3. The second kappa shape index (κ2) is 6.37. The Morgan fingerprint density at radius 1 is 1.60 bits per heavy atom. The SMILES string of the molecule is CN1CCC(CN(C)c2ccc(C(N)=S)c(Br)c2F)C1. The molecule has 1 unspecified atom stereocenters. The molecule has 1 aromatic carbocycles. The number of anilines is 1. The van der Waals surface area contributed by atoms with E-state index in [1.165, 1.54) is 0 Å². The molecule has 0 aromatic heterocycles. The van der Waals surface area contributed by atoms with Gasteiger partial charge in [-0.05, 0) is 54.0 Å². The van der Waals surface area contributed by atoms with E-state index in [1.807, 2.05) is 11.9 Å². The first kappa shape index (κ1) is 15.7. The van der Waals surface area contributed by atoms with Crippen LogP contribution in [0.25, 0.3) is 0 Å². The van der Waals surface area contributed by atoms with Crippen molar-refractivity contribution < 1.29 is 4.39 Å². The Hall–Kier alpha value is -0.720. The highest BCUT2D eigenvalue weighted by molar-refractivity contribution is 9.10. The minimum Gasteiger partial charge on any atom is -0.389 e. The molecule has 1 heterocycles. The highest BCUT2D eigenvalue weighted by Gasteiger charge is 2.23. The lowest BCUT2D eigenvalue weighted by atomic mass is 10.1.